The molecule has 8 heteroatoms. The molecule has 1 heterocycles. The van der Waals surface area contributed by atoms with Crippen LogP contribution in [0.3, 0.4) is 0 Å². The summed E-state index contributed by atoms with van der Waals surface area (Å²) in [6.07, 6.45) is 0.135. The lowest BCUT2D eigenvalue weighted by Crippen LogP contribution is -2.28. The summed E-state index contributed by atoms with van der Waals surface area (Å²) in [5.41, 5.74) is 3.08. The number of aryl methyl sites for hydroxylation is 1. The molecule has 0 aliphatic carbocycles. The second-order valence-corrected chi connectivity index (χ2v) is 9.23. The van der Waals surface area contributed by atoms with Gasteiger partial charge in [-0.25, -0.2) is 4.79 Å². The molecule has 0 unspecified atom stereocenters. The third-order valence-corrected chi connectivity index (χ3v) is 6.26. The first-order valence-electron chi connectivity index (χ1n) is 11.0. The fraction of sp³-hybridized carbons (Fsp3) is 0.185. The number of ether oxygens (including phenoxy) is 1. The van der Waals surface area contributed by atoms with E-state index >= 15 is 0 Å². The highest BCUT2D eigenvalue weighted by Gasteiger charge is 2.35. The average molecular weight is 535 g/mol. The molecule has 0 spiro atoms. The zero-order chi connectivity index (χ0) is 24.9. The lowest BCUT2D eigenvalue weighted by atomic mass is 10.1. The summed E-state index contributed by atoms with van der Waals surface area (Å²) in [6.45, 7) is 1.91. The maximum absolute atomic E-state index is 12.7. The highest BCUT2D eigenvalue weighted by atomic mass is 79.9. The van der Waals surface area contributed by atoms with Crippen LogP contribution in [0.4, 0.5) is 11.4 Å². The van der Waals surface area contributed by atoms with Gasteiger partial charge in [-0.1, -0.05) is 45.8 Å². The van der Waals surface area contributed by atoms with Crippen LogP contribution in [0.25, 0.3) is 0 Å². The highest BCUT2D eigenvalue weighted by molar-refractivity contribution is 9.10. The number of nitrogens with one attached hydrogen (secondary N) is 1. The Labute approximate surface area is 211 Å². The van der Waals surface area contributed by atoms with Gasteiger partial charge in [0.15, 0.2) is 12.4 Å². The second-order valence-electron chi connectivity index (χ2n) is 8.31. The zero-order valence-electron chi connectivity index (χ0n) is 19.0. The number of anilines is 2. The summed E-state index contributed by atoms with van der Waals surface area (Å²) in [7, 11) is 0. The molecule has 0 aromatic heterocycles. The summed E-state index contributed by atoms with van der Waals surface area (Å²) < 4.78 is 5.97. The number of nitrogens with zero attached hydrogens (tertiary/aromatic N) is 1. The van der Waals surface area contributed by atoms with Gasteiger partial charge in [0.05, 0.1) is 11.5 Å². The summed E-state index contributed by atoms with van der Waals surface area (Å²) >= 11 is 3.30. The van der Waals surface area contributed by atoms with Crippen molar-refractivity contribution in [2.75, 3.05) is 23.4 Å². The Morgan fingerprint density at radius 1 is 0.943 bits per heavy atom. The Morgan fingerprint density at radius 2 is 1.57 bits per heavy atom. The fourth-order valence-electron chi connectivity index (χ4n) is 3.72. The molecule has 178 valence electrons. The minimum atomic E-state index is -0.636. The summed E-state index contributed by atoms with van der Waals surface area (Å²) in [5.74, 6) is -1.77. The van der Waals surface area contributed by atoms with Crippen molar-refractivity contribution < 1.29 is 23.9 Å². The first kappa shape index (κ1) is 24.3. The van der Waals surface area contributed by atoms with Crippen molar-refractivity contribution in [3.8, 4) is 0 Å². The SMILES string of the molecule is Cc1ccc(N2C[C@H](C(=O)Nc3ccc(C(=O)OCC(=O)c4ccc(Br)cc4)cc3)CC2=O)cc1. The van der Waals surface area contributed by atoms with E-state index in [1.54, 1.807) is 41.3 Å². The molecule has 3 aromatic carbocycles. The Hall–Kier alpha value is -3.78. The van der Waals surface area contributed by atoms with Gasteiger partial charge in [0.2, 0.25) is 11.8 Å². The minimum absolute atomic E-state index is 0.0928. The molecule has 1 saturated heterocycles. The lowest BCUT2D eigenvalue weighted by molar-refractivity contribution is -0.122. The van der Waals surface area contributed by atoms with Crippen LogP contribution in [0.1, 0.15) is 32.7 Å². The third-order valence-electron chi connectivity index (χ3n) is 5.73. The Bertz CT molecular complexity index is 1250. The van der Waals surface area contributed by atoms with Crippen LogP contribution in [0.15, 0.2) is 77.3 Å². The van der Waals surface area contributed by atoms with Gasteiger partial charge in [0.1, 0.15) is 0 Å². The number of carbonyl (C=O) groups is 4. The molecule has 1 aliphatic heterocycles. The van der Waals surface area contributed by atoms with E-state index in [4.69, 9.17) is 4.74 Å². The maximum atomic E-state index is 12.7. The number of halogens is 1. The quantitative estimate of drug-likeness (QED) is 0.347. The second kappa shape index (κ2) is 10.7. The van der Waals surface area contributed by atoms with E-state index in [0.717, 1.165) is 15.7 Å². The van der Waals surface area contributed by atoms with Gasteiger partial charge < -0.3 is 15.0 Å². The van der Waals surface area contributed by atoms with Gasteiger partial charge in [-0.15, -0.1) is 0 Å². The predicted molar refractivity (Wildman–Crippen MR) is 135 cm³/mol. The van der Waals surface area contributed by atoms with Gasteiger partial charge >= 0.3 is 5.97 Å². The first-order chi connectivity index (χ1) is 16.8. The molecule has 0 saturated carbocycles. The molecule has 0 bridgehead atoms. The monoisotopic (exact) mass is 534 g/mol. The number of amides is 2. The molecular formula is C27H23BrN2O5. The van der Waals surface area contributed by atoms with Crippen molar-refractivity contribution in [2.24, 2.45) is 5.92 Å². The van der Waals surface area contributed by atoms with Crippen molar-refractivity contribution >= 4 is 50.9 Å². The van der Waals surface area contributed by atoms with Crippen molar-refractivity contribution in [3.05, 3.63) is 94.0 Å². The summed E-state index contributed by atoms with van der Waals surface area (Å²) in [6, 6.07) is 20.6. The van der Waals surface area contributed by atoms with Gasteiger partial charge in [-0.2, -0.15) is 0 Å². The predicted octanol–water partition coefficient (Wildman–Crippen LogP) is 4.79. The van der Waals surface area contributed by atoms with Gasteiger partial charge in [-0.3, -0.25) is 14.4 Å². The van der Waals surface area contributed by atoms with E-state index in [-0.39, 0.29) is 36.2 Å². The lowest BCUT2D eigenvalue weighted by Gasteiger charge is -2.17. The molecule has 1 aliphatic rings. The van der Waals surface area contributed by atoms with E-state index in [0.29, 0.717) is 17.8 Å². The van der Waals surface area contributed by atoms with Crippen LogP contribution < -0.4 is 10.2 Å². The molecule has 1 atom stereocenters. The Morgan fingerprint density at radius 3 is 2.23 bits per heavy atom. The zero-order valence-corrected chi connectivity index (χ0v) is 20.6. The fourth-order valence-corrected chi connectivity index (χ4v) is 3.99. The number of hydrogen-bond donors (Lipinski definition) is 1. The standard InChI is InChI=1S/C27H23BrN2O5/c1-17-2-12-23(13-3-17)30-15-20(14-25(30)32)26(33)29-22-10-6-19(7-11-22)27(34)35-16-24(31)18-4-8-21(28)9-5-18/h2-13,20H,14-16H2,1H3,(H,29,33)/t20-/m1/s1. The van der Waals surface area contributed by atoms with Crippen LogP contribution in [-0.2, 0) is 14.3 Å². The van der Waals surface area contributed by atoms with E-state index in [9.17, 15) is 19.2 Å². The van der Waals surface area contributed by atoms with Crippen LogP contribution in [0, 0.1) is 12.8 Å². The van der Waals surface area contributed by atoms with Crippen LogP contribution in [0.5, 0.6) is 0 Å². The van der Waals surface area contributed by atoms with Crippen molar-refractivity contribution in [1.82, 2.24) is 0 Å². The molecule has 35 heavy (non-hydrogen) atoms. The van der Waals surface area contributed by atoms with Gasteiger partial charge in [-0.05, 0) is 55.5 Å². The van der Waals surface area contributed by atoms with Gasteiger partial charge in [0.25, 0.3) is 0 Å². The highest BCUT2D eigenvalue weighted by Crippen LogP contribution is 2.26. The maximum Gasteiger partial charge on any atom is 0.338 e. The number of ketones is 1. The minimum Gasteiger partial charge on any atom is -0.454 e. The van der Waals surface area contributed by atoms with E-state index in [2.05, 4.69) is 21.2 Å². The molecule has 4 rings (SSSR count). The summed E-state index contributed by atoms with van der Waals surface area (Å²) in [4.78, 5) is 51.2. The van der Waals surface area contributed by atoms with Gasteiger partial charge in [0, 0.05) is 34.4 Å². The number of benzene rings is 3. The van der Waals surface area contributed by atoms with E-state index in [1.807, 2.05) is 31.2 Å². The summed E-state index contributed by atoms with van der Waals surface area (Å²) in [5, 5.41) is 2.80. The van der Waals surface area contributed by atoms with Crippen molar-refractivity contribution in [3.63, 3.8) is 0 Å². The molecular weight excluding hydrogens is 512 g/mol. The first-order valence-corrected chi connectivity index (χ1v) is 11.8. The number of carbonyl (C=O) groups excluding carboxylic acids is 4. The molecule has 3 aromatic rings. The topological polar surface area (TPSA) is 92.8 Å². The van der Waals surface area contributed by atoms with E-state index < -0.39 is 11.9 Å². The van der Waals surface area contributed by atoms with Crippen molar-refractivity contribution in [1.29, 1.82) is 0 Å². The Balaban J connectivity index is 1.30. The average Bonchev–Trinajstić information content (AvgIpc) is 3.25. The van der Waals surface area contributed by atoms with Crippen LogP contribution in [-0.4, -0.2) is 36.7 Å². The number of Topliss-reactive ketones (excluding diaryl/α,β-unsaturated/α-hetero) is 1. The normalized spacial score (nSPS) is 15.1. The largest absolute Gasteiger partial charge is 0.454 e. The molecule has 7 nitrogen and oxygen atoms in total. The molecule has 0 radical (unpaired) electrons. The number of hydrogen-bond acceptors (Lipinski definition) is 5. The van der Waals surface area contributed by atoms with Crippen LogP contribution in [0.2, 0.25) is 0 Å². The van der Waals surface area contributed by atoms with Crippen LogP contribution >= 0.6 is 15.9 Å². The third kappa shape index (κ3) is 6.02. The van der Waals surface area contributed by atoms with E-state index in [1.165, 1.54) is 12.1 Å². The Kier molecular flexibility index (Phi) is 7.41. The number of rotatable bonds is 7. The molecule has 1 fully saturated rings. The number of esters is 1. The smallest absolute Gasteiger partial charge is 0.338 e. The molecule has 2 amide bonds. The molecule has 1 N–H and O–H groups in total. The van der Waals surface area contributed by atoms with Crippen molar-refractivity contribution in [2.45, 2.75) is 13.3 Å².